The van der Waals surface area contributed by atoms with E-state index in [9.17, 15) is 9.90 Å². The van der Waals surface area contributed by atoms with Crippen LogP contribution in [0.2, 0.25) is 0 Å². The molecule has 0 aliphatic heterocycles. The first-order valence-corrected chi connectivity index (χ1v) is 12.6. The third-order valence-electron chi connectivity index (χ3n) is 4.37. The van der Waals surface area contributed by atoms with Crippen molar-refractivity contribution in [2.45, 2.75) is 6.42 Å². The van der Waals surface area contributed by atoms with Crippen molar-refractivity contribution in [2.24, 2.45) is 0 Å². The summed E-state index contributed by atoms with van der Waals surface area (Å²) in [6, 6.07) is 30.4. The van der Waals surface area contributed by atoms with Gasteiger partial charge in [-0.15, -0.1) is 0 Å². The van der Waals surface area contributed by atoms with Crippen LogP contribution in [0.15, 0.2) is 102 Å². The van der Waals surface area contributed by atoms with Crippen LogP contribution in [0.5, 0.6) is 0 Å². The van der Waals surface area contributed by atoms with Crippen LogP contribution < -0.4 is 18.2 Å². The van der Waals surface area contributed by atoms with Gasteiger partial charge in [-0.3, -0.25) is 0 Å². The van der Waals surface area contributed by atoms with Crippen molar-refractivity contribution in [3.63, 3.8) is 0 Å². The maximum absolute atomic E-state index is 12.8. The van der Waals surface area contributed by atoms with Gasteiger partial charge in [-0.25, -0.2) is 0 Å². The number of hydrogen-bond donors (Lipinski definition) is 0. The van der Waals surface area contributed by atoms with E-state index in [-0.39, 0.29) is 12.2 Å². The summed E-state index contributed by atoms with van der Waals surface area (Å²) >= 11 is -3.21. The van der Waals surface area contributed by atoms with Crippen molar-refractivity contribution in [2.75, 3.05) is 7.11 Å². The molecule has 27 heavy (non-hydrogen) atoms. The Labute approximate surface area is 162 Å². The van der Waals surface area contributed by atoms with Crippen molar-refractivity contribution in [3.05, 3.63) is 102 Å². The molecule has 0 heterocycles. The molecule has 3 aromatic carbocycles. The topological polar surface area (TPSA) is 49.4 Å². The number of benzene rings is 3. The molecule has 0 amide bonds. The molecule has 0 aromatic heterocycles. The minimum atomic E-state index is -3.21. The summed E-state index contributed by atoms with van der Waals surface area (Å²) in [5.74, 6) is -0.718. The van der Waals surface area contributed by atoms with E-state index in [0.29, 0.717) is 0 Å². The van der Waals surface area contributed by atoms with Gasteiger partial charge in [0.05, 0.1) is 0 Å². The molecule has 0 aliphatic rings. The number of carbonyl (C=O) groups excluding carboxylic acids is 1. The summed E-state index contributed by atoms with van der Waals surface area (Å²) < 4.78 is 8.08. The van der Waals surface area contributed by atoms with Crippen LogP contribution >= 0.6 is 0 Å². The van der Waals surface area contributed by atoms with E-state index < -0.39 is 19.5 Å². The van der Waals surface area contributed by atoms with Gasteiger partial charge in [0.15, 0.2) is 0 Å². The Hall–Kier alpha value is -2.77. The monoisotopic (exact) mass is 420 g/mol. The van der Waals surface area contributed by atoms with Crippen LogP contribution in [0.4, 0.5) is 0 Å². The molecule has 3 nitrogen and oxygen atoms in total. The molecule has 3 rings (SSSR count). The molecule has 0 fully saturated rings. The molecule has 136 valence electrons. The fourth-order valence-corrected chi connectivity index (χ4v) is 11.1. The number of ether oxygens (including phenoxy) is 1. The molecule has 0 saturated carbocycles. The van der Waals surface area contributed by atoms with Crippen molar-refractivity contribution in [1.82, 2.24) is 0 Å². The zero-order valence-corrected chi connectivity index (χ0v) is 17.0. The number of carbonyl (C=O) groups is 1. The summed E-state index contributed by atoms with van der Waals surface area (Å²) in [6.45, 7) is 0. The van der Waals surface area contributed by atoms with Crippen molar-refractivity contribution >= 4 is 32.6 Å². The van der Waals surface area contributed by atoms with Crippen LogP contribution in [0, 0.1) is 0 Å². The fourth-order valence-electron chi connectivity index (χ4n) is 3.14. The Balaban J connectivity index is 2.29. The van der Waals surface area contributed by atoms with E-state index in [1.54, 1.807) is 0 Å². The molecule has 0 saturated heterocycles. The Morgan fingerprint density at radius 1 is 0.815 bits per heavy atom. The zero-order chi connectivity index (χ0) is 19.1. The van der Waals surface area contributed by atoms with Crippen LogP contribution in [-0.2, 0) is 9.53 Å². The first-order chi connectivity index (χ1) is 13.2. The third-order valence-corrected chi connectivity index (χ3v) is 12.8. The van der Waals surface area contributed by atoms with Gasteiger partial charge in [0.1, 0.15) is 0 Å². The molecule has 0 aliphatic carbocycles. The molecule has 0 unspecified atom stereocenters. The predicted octanol–water partition coefficient (Wildman–Crippen LogP) is 1.50. The molecule has 3 aromatic rings. The van der Waals surface area contributed by atoms with Gasteiger partial charge >= 0.3 is 162 Å². The average Bonchev–Trinajstić information content (AvgIpc) is 2.74. The van der Waals surface area contributed by atoms with Crippen molar-refractivity contribution in [1.29, 1.82) is 0 Å². The first kappa shape index (κ1) is 19.0. The van der Waals surface area contributed by atoms with E-state index in [0.717, 1.165) is 13.1 Å². The second-order valence-corrected chi connectivity index (χ2v) is 12.9. The molecule has 0 spiro atoms. The number of rotatable bonds is 6. The Kier molecular flexibility index (Phi) is 6.15. The summed E-state index contributed by atoms with van der Waals surface area (Å²) in [5.41, 5.74) is 0. The molecule has 0 N–H and O–H groups in total. The van der Waals surface area contributed by atoms with E-state index in [4.69, 9.17) is 4.74 Å². The summed E-state index contributed by atoms with van der Waals surface area (Å²) in [4.78, 5) is 13.5. The third kappa shape index (κ3) is 4.15. The molecule has 0 radical (unpaired) electrons. The summed E-state index contributed by atoms with van der Waals surface area (Å²) in [6.07, 6.45) is -0.244. The number of hydrogen-bond acceptors (Lipinski definition) is 3. The Morgan fingerprint density at radius 2 is 1.19 bits per heavy atom. The van der Waals surface area contributed by atoms with E-state index >= 15 is 0 Å². The van der Waals surface area contributed by atoms with Gasteiger partial charge in [-0.05, 0) is 0 Å². The first-order valence-electron chi connectivity index (χ1n) is 8.68. The second kappa shape index (κ2) is 8.74. The average molecular weight is 420 g/mol. The standard InChI is InChI=1S/C23H21AsO3/c1-27-23(26)17-22(25)18-24(19-11-5-2-6-12-19,20-13-7-3-8-14-20)21-15-9-4-10-16-21/h2-16,18H,17H2,1H3/b22-18-. The van der Waals surface area contributed by atoms with Gasteiger partial charge < -0.3 is 0 Å². The van der Waals surface area contributed by atoms with E-state index in [1.807, 2.05) is 59.5 Å². The molecular formula is C23H21AsO3. The summed E-state index contributed by atoms with van der Waals surface area (Å²) in [7, 11) is 1.30. The van der Waals surface area contributed by atoms with E-state index in [1.165, 1.54) is 7.11 Å². The molecule has 0 atom stereocenters. The molecule has 4 heteroatoms. The minimum absolute atomic E-state index is 0.203. The van der Waals surface area contributed by atoms with Crippen LogP contribution in [0.1, 0.15) is 6.42 Å². The maximum atomic E-state index is 12.8. The fraction of sp³-hybridized carbons (Fsp3) is 0.0870. The SMILES string of the molecule is COC(=O)C/C([O-])=C/[As+](c1ccccc1)(c1ccccc1)c1ccccc1. The van der Waals surface area contributed by atoms with Crippen molar-refractivity contribution in [3.8, 4) is 0 Å². The van der Waals surface area contributed by atoms with Gasteiger partial charge in [0, 0.05) is 0 Å². The van der Waals surface area contributed by atoms with Crippen LogP contribution in [-0.4, -0.2) is 26.6 Å². The quantitative estimate of drug-likeness (QED) is 0.345. The number of esters is 1. The molecular weight excluding hydrogens is 399 g/mol. The van der Waals surface area contributed by atoms with E-state index in [2.05, 4.69) is 36.4 Å². The van der Waals surface area contributed by atoms with Gasteiger partial charge in [-0.1, -0.05) is 0 Å². The predicted molar refractivity (Wildman–Crippen MR) is 109 cm³/mol. The number of methoxy groups -OCH3 is 1. The van der Waals surface area contributed by atoms with Gasteiger partial charge in [0.25, 0.3) is 0 Å². The Bertz CT molecular complexity index is 809. The molecule has 0 bridgehead atoms. The van der Waals surface area contributed by atoms with Crippen molar-refractivity contribution < 1.29 is 14.6 Å². The Morgan fingerprint density at radius 3 is 1.52 bits per heavy atom. The van der Waals surface area contributed by atoms with Crippen LogP contribution in [0.25, 0.3) is 0 Å². The summed E-state index contributed by atoms with van der Waals surface area (Å²) in [5, 5.41) is 12.8. The normalized spacial score (nSPS) is 11.8. The van der Waals surface area contributed by atoms with Gasteiger partial charge in [0.2, 0.25) is 0 Å². The zero-order valence-electron chi connectivity index (χ0n) is 15.1. The second-order valence-electron chi connectivity index (χ2n) is 6.08. The van der Waals surface area contributed by atoms with Gasteiger partial charge in [-0.2, -0.15) is 0 Å². The van der Waals surface area contributed by atoms with Crippen LogP contribution in [0.3, 0.4) is 0 Å².